The smallest absolute Gasteiger partial charge is 0.736 e. The molecule has 3 aromatic carbocycles. The van der Waals surface area contributed by atoms with Crippen LogP contribution in [0.4, 0.5) is 0 Å². The van der Waals surface area contributed by atoms with Crippen molar-refractivity contribution in [1.82, 2.24) is 0 Å². The van der Waals surface area contributed by atoms with Gasteiger partial charge in [-0.3, -0.25) is 4.79 Å². The summed E-state index contributed by atoms with van der Waals surface area (Å²) in [5.41, 5.74) is 2.72. The second-order valence-corrected chi connectivity index (χ2v) is 8.70. The van der Waals surface area contributed by atoms with E-state index in [1.165, 1.54) is 0 Å². The quantitative estimate of drug-likeness (QED) is 0.264. The van der Waals surface area contributed by atoms with Gasteiger partial charge in [-0.05, 0) is 54.2 Å². The fourth-order valence-corrected chi connectivity index (χ4v) is 3.91. The van der Waals surface area contributed by atoms with Crippen LogP contribution in [0.15, 0.2) is 78.9 Å². The molecule has 2 atom stereocenters. The Morgan fingerprint density at radius 1 is 0.906 bits per heavy atom. The van der Waals surface area contributed by atoms with E-state index >= 15 is 0 Å². The minimum atomic E-state index is -4.57. The fraction of sp³-hybridized carbons (Fsp3) is 0.240. The Morgan fingerprint density at radius 3 is 1.97 bits per heavy atom. The monoisotopic (exact) mass is 460 g/mol. The number of phosphoric ester groups is 1. The molecule has 3 rings (SSSR count). The van der Waals surface area contributed by atoms with E-state index in [-0.39, 0.29) is 46.8 Å². The first-order valence-electron chi connectivity index (χ1n) is 10.3. The summed E-state index contributed by atoms with van der Waals surface area (Å²) in [5.74, 6) is 0.831. The standard InChI is InChI=1S/C25H27O5P.Na/c1-3-19(2)21-12-16-24(17-13-21)30-31(27,28)29-23-14-9-20(10-15-23)11-18-25(26)22-7-5-4-6-8-22;/h4-10,12-17,19H,3,11,18H2,1-2H3,(H,27,28);/q;+1/p-1. The first kappa shape index (κ1) is 26.4. The number of Topliss-reactive ketones (excluding diaryl/α,β-unsaturated/α-hetero) is 1. The summed E-state index contributed by atoms with van der Waals surface area (Å²) in [6.07, 6.45) is 1.93. The predicted molar refractivity (Wildman–Crippen MR) is 120 cm³/mol. The van der Waals surface area contributed by atoms with E-state index in [1.54, 1.807) is 48.5 Å². The Bertz CT molecular complexity index is 1040. The Kier molecular flexibility index (Phi) is 10.2. The average molecular weight is 460 g/mol. The summed E-state index contributed by atoms with van der Waals surface area (Å²) >= 11 is 0. The van der Waals surface area contributed by atoms with Crippen LogP contribution in [0.25, 0.3) is 0 Å². The SMILES string of the molecule is CCC(C)c1ccc(OP(=O)([O-])Oc2ccc(CCC(=O)c3ccccc3)cc2)cc1.[Na+]. The van der Waals surface area contributed by atoms with E-state index in [0.29, 0.717) is 24.3 Å². The van der Waals surface area contributed by atoms with Gasteiger partial charge < -0.3 is 13.9 Å². The van der Waals surface area contributed by atoms with Crippen molar-refractivity contribution in [3.8, 4) is 11.5 Å². The summed E-state index contributed by atoms with van der Waals surface area (Å²) in [5, 5.41) is 0. The molecule has 0 aliphatic carbocycles. The maximum atomic E-state index is 12.2. The molecule has 2 unspecified atom stereocenters. The van der Waals surface area contributed by atoms with Crippen LogP contribution >= 0.6 is 7.82 Å². The molecule has 0 bridgehead atoms. The number of phosphoric acid groups is 1. The Hall–Kier alpha value is -1.88. The van der Waals surface area contributed by atoms with Gasteiger partial charge in [0.1, 0.15) is 11.5 Å². The number of carbonyl (C=O) groups is 1. The minimum Gasteiger partial charge on any atom is -0.736 e. The molecule has 0 heterocycles. The van der Waals surface area contributed by atoms with Crippen LogP contribution in [0.2, 0.25) is 0 Å². The molecule has 0 aliphatic rings. The number of rotatable bonds is 10. The number of hydrogen-bond donors (Lipinski definition) is 0. The van der Waals surface area contributed by atoms with Gasteiger partial charge in [0.25, 0.3) is 0 Å². The Morgan fingerprint density at radius 2 is 1.44 bits per heavy atom. The number of ketones is 1. The maximum Gasteiger partial charge on any atom is 1.00 e. The second kappa shape index (κ2) is 12.4. The van der Waals surface area contributed by atoms with Crippen molar-refractivity contribution >= 4 is 13.6 Å². The van der Waals surface area contributed by atoms with E-state index in [0.717, 1.165) is 17.5 Å². The van der Waals surface area contributed by atoms with E-state index < -0.39 is 7.82 Å². The molecule has 0 aliphatic heterocycles. The zero-order valence-corrected chi connectivity index (χ0v) is 21.6. The summed E-state index contributed by atoms with van der Waals surface area (Å²) in [7, 11) is -4.57. The molecule has 0 aromatic heterocycles. The average Bonchev–Trinajstić information content (AvgIpc) is 2.78. The Balaban J connectivity index is 0.00000363. The van der Waals surface area contributed by atoms with Crippen molar-refractivity contribution in [2.45, 2.75) is 39.0 Å². The fourth-order valence-electron chi connectivity index (χ4n) is 3.11. The van der Waals surface area contributed by atoms with Crippen molar-refractivity contribution < 1.29 is 52.9 Å². The largest absolute Gasteiger partial charge is 1.00 e. The van der Waals surface area contributed by atoms with Crippen LogP contribution in [0.5, 0.6) is 11.5 Å². The molecular formula is C25H26NaO5P. The van der Waals surface area contributed by atoms with Gasteiger partial charge in [0.2, 0.25) is 0 Å². The van der Waals surface area contributed by atoms with Gasteiger partial charge in [0.15, 0.2) is 5.78 Å². The van der Waals surface area contributed by atoms with Crippen LogP contribution in [0.3, 0.4) is 0 Å². The Labute approximate surface area is 211 Å². The number of hydrogen-bond acceptors (Lipinski definition) is 5. The van der Waals surface area contributed by atoms with Crippen LogP contribution in [-0.2, 0) is 11.0 Å². The summed E-state index contributed by atoms with van der Waals surface area (Å²) in [6.45, 7) is 4.21. The third kappa shape index (κ3) is 7.91. The van der Waals surface area contributed by atoms with Crippen molar-refractivity contribution in [2.75, 3.05) is 0 Å². The molecule has 0 saturated carbocycles. The maximum absolute atomic E-state index is 12.2. The van der Waals surface area contributed by atoms with E-state index in [1.807, 2.05) is 30.3 Å². The van der Waals surface area contributed by atoms with Crippen molar-refractivity contribution in [3.63, 3.8) is 0 Å². The molecule has 0 fully saturated rings. The molecule has 0 saturated heterocycles. The third-order valence-corrected chi connectivity index (χ3v) is 6.02. The number of benzene rings is 3. The van der Waals surface area contributed by atoms with Gasteiger partial charge in [-0.1, -0.05) is 68.4 Å². The number of carbonyl (C=O) groups excluding carboxylic acids is 1. The third-order valence-electron chi connectivity index (χ3n) is 5.16. The molecule has 32 heavy (non-hydrogen) atoms. The van der Waals surface area contributed by atoms with E-state index in [4.69, 9.17) is 9.05 Å². The molecule has 0 amide bonds. The van der Waals surface area contributed by atoms with Crippen LogP contribution in [-0.4, -0.2) is 5.78 Å². The van der Waals surface area contributed by atoms with Gasteiger partial charge in [-0.15, -0.1) is 0 Å². The van der Waals surface area contributed by atoms with Crippen LogP contribution in [0.1, 0.15) is 54.1 Å². The van der Waals surface area contributed by atoms with Crippen molar-refractivity contribution in [3.05, 3.63) is 95.6 Å². The molecular weight excluding hydrogens is 434 g/mol. The van der Waals surface area contributed by atoms with E-state index in [9.17, 15) is 14.3 Å². The first-order valence-corrected chi connectivity index (χ1v) is 11.8. The zero-order chi connectivity index (χ0) is 22.3. The summed E-state index contributed by atoms with van der Waals surface area (Å²) in [6, 6.07) is 22.7. The van der Waals surface area contributed by atoms with Crippen LogP contribution < -0.4 is 43.5 Å². The minimum absolute atomic E-state index is 0. The molecule has 0 N–H and O–H groups in total. The van der Waals surface area contributed by atoms with Crippen LogP contribution in [0, 0.1) is 0 Å². The van der Waals surface area contributed by atoms with Gasteiger partial charge in [0.05, 0.1) is 0 Å². The molecule has 5 nitrogen and oxygen atoms in total. The number of aryl methyl sites for hydroxylation is 1. The molecule has 162 valence electrons. The van der Waals surface area contributed by atoms with Crippen molar-refractivity contribution in [2.24, 2.45) is 0 Å². The summed E-state index contributed by atoms with van der Waals surface area (Å²) in [4.78, 5) is 24.4. The second-order valence-electron chi connectivity index (χ2n) is 7.44. The molecule has 7 heteroatoms. The van der Waals surface area contributed by atoms with Gasteiger partial charge in [0, 0.05) is 12.0 Å². The molecule has 0 spiro atoms. The predicted octanol–water partition coefficient (Wildman–Crippen LogP) is 2.95. The normalized spacial score (nSPS) is 13.3. The van der Waals surface area contributed by atoms with Crippen molar-refractivity contribution in [1.29, 1.82) is 0 Å². The zero-order valence-electron chi connectivity index (χ0n) is 18.7. The van der Waals surface area contributed by atoms with Gasteiger partial charge >= 0.3 is 37.4 Å². The van der Waals surface area contributed by atoms with E-state index in [2.05, 4.69) is 13.8 Å². The topological polar surface area (TPSA) is 75.7 Å². The van der Waals surface area contributed by atoms with Gasteiger partial charge in [-0.25, -0.2) is 4.57 Å². The van der Waals surface area contributed by atoms with Gasteiger partial charge in [-0.2, -0.15) is 0 Å². The summed E-state index contributed by atoms with van der Waals surface area (Å²) < 4.78 is 22.4. The molecule has 3 aromatic rings. The molecule has 0 radical (unpaired) electrons. The first-order chi connectivity index (χ1) is 14.9.